The molecule has 0 radical (unpaired) electrons. The summed E-state index contributed by atoms with van der Waals surface area (Å²) in [6.45, 7) is -0.203. The molecule has 0 spiro atoms. The van der Waals surface area contributed by atoms with Crippen LogP contribution in [0.3, 0.4) is 0 Å². The predicted octanol–water partition coefficient (Wildman–Crippen LogP) is 3.01. The van der Waals surface area contributed by atoms with Crippen molar-refractivity contribution in [2.75, 3.05) is 6.61 Å². The molecule has 2 bridgehead atoms. The van der Waals surface area contributed by atoms with Gasteiger partial charge in [0.2, 0.25) is 5.91 Å². The summed E-state index contributed by atoms with van der Waals surface area (Å²) in [7, 11) is 0. The maximum atomic E-state index is 12.9. The zero-order chi connectivity index (χ0) is 25.6. The normalized spacial score (nSPS) is 34.9. The minimum absolute atomic E-state index is 0.0219. The van der Waals surface area contributed by atoms with Crippen molar-refractivity contribution in [3.63, 3.8) is 0 Å². The second-order valence-electron chi connectivity index (χ2n) is 10.1. The van der Waals surface area contributed by atoms with Crippen molar-refractivity contribution in [2.45, 2.75) is 81.4 Å². The minimum atomic E-state index is -4.66. The van der Waals surface area contributed by atoms with E-state index in [0.717, 1.165) is 19.3 Å². The van der Waals surface area contributed by atoms with Gasteiger partial charge in [-0.2, -0.15) is 0 Å². The monoisotopic (exact) mass is 532 g/mol. The van der Waals surface area contributed by atoms with Crippen molar-refractivity contribution in [1.82, 2.24) is 10.6 Å². The quantitative estimate of drug-likeness (QED) is 0.498. The van der Waals surface area contributed by atoms with E-state index in [1.54, 1.807) is 18.2 Å². The second kappa shape index (κ2) is 10.00. The Morgan fingerprint density at radius 2 is 1.72 bits per heavy atom. The van der Waals surface area contributed by atoms with E-state index in [-0.39, 0.29) is 61.6 Å². The van der Waals surface area contributed by atoms with Crippen molar-refractivity contribution in [3.05, 3.63) is 28.8 Å². The molecule has 12 heteroatoms. The third-order valence-corrected chi connectivity index (χ3v) is 7.90. The summed E-state index contributed by atoms with van der Waals surface area (Å²) in [6, 6.07) is 4.88. The molecule has 0 unspecified atom stereocenters. The summed E-state index contributed by atoms with van der Waals surface area (Å²) in [5.41, 5.74) is 0.570. The first kappa shape index (κ1) is 25.6. The molecular formula is C24H28ClF3N2O6. The highest BCUT2D eigenvalue weighted by molar-refractivity contribution is 6.30. The summed E-state index contributed by atoms with van der Waals surface area (Å²) in [4.78, 5) is 25.1. The van der Waals surface area contributed by atoms with Crippen LogP contribution in [-0.4, -0.2) is 60.3 Å². The number of halogens is 4. The highest BCUT2D eigenvalue weighted by atomic mass is 35.5. The van der Waals surface area contributed by atoms with Gasteiger partial charge in [0.1, 0.15) is 12.4 Å². The van der Waals surface area contributed by atoms with Crippen molar-refractivity contribution in [2.24, 2.45) is 11.8 Å². The van der Waals surface area contributed by atoms with Gasteiger partial charge in [-0.15, -0.1) is 13.2 Å². The first-order valence-corrected chi connectivity index (χ1v) is 12.5. The van der Waals surface area contributed by atoms with Crippen LogP contribution in [0.25, 0.3) is 0 Å². The summed E-state index contributed by atoms with van der Waals surface area (Å²) in [5, 5.41) is 16.9. The highest BCUT2D eigenvalue weighted by Crippen LogP contribution is 2.45. The zero-order valence-electron chi connectivity index (χ0n) is 19.3. The van der Waals surface area contributed by atoms with Crippen LogP contribution >= 0.6 is 11.6 Å². The Bertz CT molecular complexity index is 1000. The Kier molecular flexibility index (Phi) is 7.10. The van der Waals surface area contributed by atoms with Gasteiger partial charge in [0.05, 0.1) is 18.3 Å². The Balaban J connectivity index is 1.03. The lowest BCUT2D eigenvalue weighted by molar-refractivity contribution is -0.357. The molecule has 8 nitrogen and oxygen atoms in total. The SMILES string of the molecule is O=C(COC1CC(OC(F)(F)F)C1)N[C@@H]1C[C@@H]2C[C@H]1C[C@H]2NC(=O)[C@H]1C[C@@H](O)c2cc(Cl)ccc2O1. The fourth-order valence-electron chi connectivity index (χ4n) is 5.86. The number of ether oxygens (including phenoxy) is 3. The van der Waals surface area contributed by atoms with E-state index in [2.05, 4.69) is 15.4 Å². The van der Waals surface area contributed by atoms with Crippen molar-refractivity contribution >= 4 is 23.4 Å². The topological polar surface area (TPSA) is 106 Å². The maximum Gasteiger partial charge on any atom is 0.522 e. The minimum Gasteiger partial charge on any atom is -0.480 e. The lowest BCUT2D eigenvalue weighted by Crippen LogP contribution is -2.50. The van der Waals surface area contributed by atoms with Gasteiger partial charge in [0, 0.05) is 41.9 Å². The van der Waals surface area contributed by atoms with Crippen LogP contribution < -0.4 is 15.4 Å². The number of amides is 2. The van der Waals surface area contributed by atoms with Gasteiger partial charge in [0.25, 0.3) is 5.91 Å². The first-order valence-electron chi connectivity index (χ1n) is 12.1. The Labute approximate surface area is 210 Å². The lowest BCUT2D eigenvalue weighted by Gasteiger charge is -2.35. The molecule has 1 aliphatic heterocycles. The molecule has 3 saturated carbocycles. The van der Waals surface area contributed by atoms with Crippen LogP contribution in [0.1, 0.15) is 50.2 Å². The Morgan fingerprint density at radius 1 is 1.03 bits per heavy atom. The fourth-order valence-corrected chi connectivity index (χ4v) is 6.04. The van der Waals surface area contributed by atoms with Gasteiger partial charge in [-0.1, -0.05) is 11.6 Å². The van der Waals surface area contributed by atoms with Gasteiger partial charge < -0.3 is 25.2 Å². The second-order valence-corrected chi connectivity index (χ2v) is 10.6. The van der Waals surface area contributed by atoms with Crippen LogP contribution in [0.15, 0.2) is 18.2 Å². The number of aliphatic hydroxyl groups is 1. The number of benzene rings is 1. The number of carbonyl (C=O) groups is 2. The number of nitrogens with one attached hydrogen (secondary N) is 2. The third kappa shape index (κ3) is 5.74. The average Bonchev–Trinajstić information content (AvgIpc) is 3.34. The Hall–Kier alpha value is -2.08. The third-order valence-electron chi connectivity index (χ3n) is 7.66. The molecule has 4 aliphatic rings. The standard InChI is InChI=1S/C24H28ClF3N2O6/c25-13-1-2-20-16(6-13)19(31)9-21(35-20)23(33)30-18-5-11-3-12(18)4-17(11)29-22(32)10-34-14-7-15(8-14)36-24(26,27)28/h1-2,6,11-12,14-15,17-19,21,31H,3-5,7-10H2,(H,29,32)(H,30,33)/t11-,12-,14?,15?,17+,18+,19+,21+/m0/s1. The van der Waals surface area contributed by atoms with Crippen LogP contribution in [0.5, 0.6) is 5.75 Å². The summed E-state index contributed by atoms with van der Waals surface area (Å²) >= 11 is 5.98. The van der Waals surface area contributed by atoms with E-state index >= 15 is 0 Å². The molecule has 1 heterocycles. The molecule has 0 saturated heterocycles. The summed E-state index contributed by atoms with van der Waals surface area (Å²) in [6.07, 6.45) is -4.91. The van der Waals surface area contributed by atoms with Gasteiger partial charge in [-0.05, 0) is 49.3 Å². The molecule has 198 valence electrons. The fraction of sp³-hybridized carbons (Fsp3) is 0.667. The van der Waals surface area contributed by atoms with Crippen LogP contribution in [0.2, 0.25) is 5.02 Å². The summed E-state index contributed by atoms with van der Waals surface area (Å²) < 4.78 is 51.6. The van der Waals surface area contributed by atoms with Gasteiger partial charge in [-0.25, -0.2) is 0 Å². The molecule has 1 aromatic rings. The molecular weight excluding hydrogens is 505 g/mol. The van der Waals surface area contributed by atoms with E-state index in [1.165, 1.54) is 0 Å². The van der Waals surface area contributed by atoms with Gasteiger partial charge in [0.15, 0.2) is 6.10 Å². The van der Waals surface area contributed by atoms with Crippen molar-refractivity contribution < 1.29 is 42.1 Å². The molecule has 3 N–H and O–H groups in total. The smallest absolute Gasteiger partial charge is 0.480 e. The number of alkyl halides is 3. The number of hydrogen-bond acceptors (Lipinski definition) is 6. The maximum absolute atomic E-state index is 12.9. The molecule has 5 rings (SSSR count). The van der Waals surface area contributed by atoms with Crippen molar-refractivity contribution in [1.29, 1.82) is 0 Å². The van der Waals surface area contributed by atoms with E-state index in [4.69, 9.17) is 21.1 Å². The van der Waals surface area contributed by atoms with E-state index < -0.39 is 30.8 Å². The van der Waals surface area contributed by atoms with Gasteiger partial charge >= 0.3 is 6.36 Å². The van der Waals surface area contributed by atoms with E-state index in [0.29, 0.717) is 16.3 Å². The lowest BCUT2D eigenvalue weighted by atomic mass is 9.90. The first-order chi connectivity index (χ1) is 17.0. The number of carbonyl (C=O) groups excluding carboxylic acids is 2. The van der Waals surface area contributed by atoms with Gasteiger partial charge in [-0.3, -0.25) is 14.3 Å². The summed E-state index contributed by atoms with van der Waals surface area (Å²) in [5.74, 6) is 0.322. The molecule has 3 fully saturated rings. The molecule has 1 aromatic carbocycles. The molecule has 2 amide bonds. The predicted molar refractivity (Wildman–Crippen MR) is 120 cm³/mol. The number of fused-ring (bicyclic) bond motifs is 3. The zero-order valence-corrected chi connectivity index (χ0v) is 20.1. The molecule has 6 atom stereocenters. The van der Waals surface area contributed by atoms with E-state index in [9.17, 15) is 27.9 Å². The van der Waals surface area contributed by atoms with Crippen molar-refractivity contribution in [3.8, 4) is 5.75 Å². The number of hydrogen-bond donors (Lipinski definition) is 3. The van der Waals surface area contributed by atoms with Crippen LogP contribution in [0, 0.1) is 11.8 Å². The van der Waals surface area contributed by atoms with E-state index in [1.807, 2.05) is 0 Å². The molecule has 3 aliphatic carbocycles. The molecule has 36 heavy (non-hydrogen) atoms. The Morgan fingerprint density at radius 3 is 2.39 bits per heavy atom. The molecule has 0 aromatic heterocycles. The van der Waals surface area contributed by atoms with Crippen LogP contribution in [-0.2, 0) is 19.1 Å². The average molecular weight is 533 g/mol. The van der Waals surface area contributed by atoms with Crippen LogP contribution in [0.4, 0.5) is 13.2 Å². The number of rotatable bonds is 7. The number of aliphatic hydroxyl groups excluding tert-OH is 1. The highest BCUT2D eigenvalue weighted by Gasteiger charge is 2.48. The largest absolute Gasteiger partial charge is 0.522 e.